The fourth-order valence-corrected chi connectivity index (χ4v) is 5.28. The molecule has 5 rings (SSSR count). The third-order valence-electron chi connectivity index (χ3n) is 6.98. The van der Waals surface area contributed by atoms with E-state index in [1.54, 1.807) is 23.1 Å². The van der Waals surface area contributed by atoms with E-state index in [4.69, 9.17) is 11.6 Å². The summed E-state index contributed by atoms with van der Waals surface area (Å²) in [7, 11) is 0. The molecule has 6 nitrogen and oxygen atoms in total. The molecule has 1 aliphatic heterocycles. The summed E-state index contributed by atoms with van der Waals surface area (Å²) >= 11 is 6.13. The van der Waals surface area contributed by atoms with Crippen LogP contribution in [0, 0.1) is 0 Å². The van der Waals surface area contributed by atoms with E-state index < -0.39 is 11.6 Å². The first kappa shape index (κ1) is 27.4. The SMILES string of the molecule is CC(C)(C)NC(=O)[C@H](Cc1ccccc1)N(Cc1ccc(Cl)cc1)C(=O)CN1C(=O)c2cccc3cccc1c23. The van der Waals surface area contributed by atoms with Crippen molar-refractivity contribution in [3.63, 3.8) is 0 Å². The van der Waals surface area contributed by atoms with Gasteiger partial charge in [-0.25, -0.2) is 0 Å². The number of hydrogen-bond donors (Lipinski definition) is 1. The van der Waals surface area contributed by atoms with Crippen LogP contribution in [0.4, 0.5) is 5.69 Å². The summed E-state index contributed by atoms with van der Waals surface area (Å²) in [6.45, 7) is 5.74. The van der Waals surface area contributed by atoms with E-state index in [2.05, 4.69) is 5.32 Å². The quantitative estimate of drug-likeness (QED) is 0.290. The van der Waals surface area contributed by atoms with E-state index in [0.29, 0.717) is 22.7 Å². The minimum Gasteiger partial charge on any atom is -0.350 e. The molecule has 0 bridgehead atoms. The maximum absolute atomic E-state index is 14.2. The number of hydrogen-bond acceptors (Lipinski definition) is 3. The van der Waals surface area contributed by atoms with Crippen molar-refractivity contribution in [2.45, 2.75) is 45.3 Å². The highest BCUT2D eigenvalue weighted by molar-refractivity contribution is 6.30. The van der Waals surface area contributed by atoms with E-state index in [0.717, 1.165) is 21.9 Å². The molecule has 0 unspecified atom stereocenters. The lowest BCUT2D eigenvalue weighted by atomic mass is 10.0. The van der Waals surface area contributed by atoms with Crippen LogP contribution >= 0.6 is 11.6 Å². The second-order valence-corrected chi connectivity index (χ2v) is 11.6. The zero-order valence-electron chi connectivity index (χ0n) is 22.9. The molecule has 0 radical (unpaired) electrons. The Morgan fingerprint density at radius 2 is 1.55 bits per heavy atom. The van der Waals surface area contributed by atoms with Crippen molar-refractivity contribution in [2.75, 3.05) is 11.4 Å². The number of carbonyl (C=O) groups is 3. The van der Waals surface area contributed by atoms with Crippen LogP contribution in [0.5, 0.6) is 0 Å². The Hall–Kier alpha value is -4.16. The van der Waals surface area contributed by atoms with Gasteiger partial charge in [0.2, 0.25) is 11.8 Å². The average Bonchev–Trinajstić information content (AvgIpc) is 3.19. The Balaban J connectivity index is 1.52. The molecular weight excluding hydrogens is 522 g/mol. The van der Waals surface area contributed by atoms with Gasteiger partial charge in [0.05, 0.1) is 5.69 Å². The van der Waals surface area contributed by atoms with Crippen LogP contribution in [0.15, 0.2) is 91.0 Å². The molecule has 1 atom stereocenters. The van der Waals surface area contributed by atoms with Gasteiger partial charge in [-0.2, -0.15) is 0 Å². The van der Waals surface area contributed by atoms with Crippen molar-refractivity contribution in [3.05, 3.63) is 113 Å². The molecule has 1 aliphatic rings. The first-order chi connectivity index (χ1) is 19.1. The van der Waals surface area contributed by atoms with Gasteiger partial charge in [-0.3, -0.25) is 19.3 Å². The molecule has 0 saturated heterocycles. The first-order valence-corrected chi connectivity index (χ1v) is 13.7. The molecule has 0 spiro atoms. The van der Waals surface area contributed by atoms with Gasteiger partial charge in [0.15, 0.2) is 0 Å². The summed E-state index contributed by atoms with van der Waals surface area (Å²) in [5, 5.41) is 5.45. The molecule has 204 valence electrons. The van der Waals surface area contributed by atoms with Crippen LogP contribution < -0.4 is 10.2 Å². The van der Waals surface area contributed by atoms with Crippen LogP contribution in [0.3, 0.4) is 0 Å². The summed E-state index contributed by atoms with van der Waals surface area (Å²) < 4.78 is 0. The zero-order valence-corrected chi connectivity index (χ0v) is 23.6. The van der Waals surface area contributed by atoms with Gasteiger partial charge in [0, 0.05) is 34.5 Å². The fourth-order valence-electron chi connectivity index (χ4n) is 5.16. The molecule has 1 N–H and O–H groups in total. The summed E-state index contributed by atoms with van der Waals surface area (Å²) in [6, 6.07) is 27.4. The zero-order chi connectivity index (χ0) is 28.4. The Bertz CT molecular complexity index is 1560. The first-order valence-electron chi connectivity index (χ1n) is 13.3. The van der Waals surface area contributed by atoms with E-state index in [9.17, 15) is 14.4 Å². The van der Waals surface area contributed by atoms with E-state index in [1.165, 1.54) is 4.90 Å². The topological polar surface area (TPSA) is 69.7 Å². The van der Waals surface area contributed by atoms with E-state index >= 15 is 0 Å². The minimum atomic E-state index is -0.805. The number of amides is 3. The van der Waals surface area contributed by atoms with Crippen LogP contribution in [0.1, 0.15) is 42.3 Å². The highest BCUT2D eigenvalue weighted by Crippen LogP contribution is 2.37. The number of carbonyl (C=O) groups excluding carboxylic acids is 3. The summed E-state index contributed by atoms with van der Waals surface area (Å²) in [5.41, 5.74) is 2.55. The molecule has 0 aromatic heterocycles. The van der Waals surface area contributed by atoms with Crippen molar-refractivity contribution < 1.29 is 14.4 Å². The molecule has 3 amide bonds. The van der Waals surface area contributed by atoms with Gasteiger partial charge in [0.1, 0.15) is 12.6 Å². The molecule has 0 saturated carbocycles. The number of benzene rings is 4. The maximum Gasteiger partial charge on any atom is 0.259 e. The van der Waals surface area contributed by atoms with Gasteiger partial charge in [0.25, 0.3) is 5.91 Å². The number of halogens is 1. The minimum absolute atomic E-state index is 0.185. The number of nitrogens with zero attached hydrogens (tertiary/aromatic N) is 2. The highest BCUT2D eigenvalue weighted by Gasteiger charge is 2.36. The lowest BCUT2D eigenvalue weighted by Crippen LogP contribution is -2.56. The lowest BCUT2D eigenvalue weighted by molar-refractivity contribution is -0.140. The van der Waals surface area contributed by atoms with Gasteiger partial charge >= 0.3 is 0 Å². The molecule has 0 aliphatic carbocycles. The van der Waals surface area contributed by atoms with Gasteiger partial charge < -0.3 is 10.2 Å². The van der Waals surface area contributed by atoms with Crippen LogP contribution in [-0.4, -0.2) is 40.7 Å². The molecular formula is C33H32ClN3O3. The van der Waals surface area contributed by atoms with E-state index in [-0.39, 0.29) is 30.8 Å². The predicted molar refractivity (Wildman–Crippen MR) is 159 cm³/mol. The van der Waals surface area contributed by atoms with Crippen molar-refractivity contribution in [1.82, 2.24) is 10.2 Å². The standard InChI is InChI=1S/C33H32ClN3O3/c1-33(2,3)35-31(39)28(19-22-9-5-4-6-10-22)36(20-23-15-17-25(34)18-16-23)29(38)21-37-27-14-8-12-24-11-7-13-26(30(24)27)32(37)40/h4-18,28H,19-21H2,1-3H3,(H,35,39)/t28-/m0/s1. The fraction of sp³-hybridized carbons (Fsp3) is 0.242. The Morgan fingerprint density at radius 3 is 2.23 bits per heavy atom. The molecule has 7 heteroatoms. The smallest absolute Gasteiger partial charge is 0.259 e. The number of anilines is 1. The van der Waals surface area contributed by atoms with Gasteiger partial charge in [-0.05, 0) is 61.5 Å². The normalized spacial score (nSPS) is 13.4. The van der Waals surface area contributed by atoms with Crippen molar-refractivity contribution in [1.29, 1.82) is 0 Å². The van der Waals surface area contributed by atoms with Crippen molar-refractivity contribution in [2.24, 2.45) is 0 Å². The highest BCUT2D eigenvalue weighted by atomic mass is 35.5. The number of rotatable bonds is 8. The predicted octanol–water partition coefficient (Wildman–Crippen LogP) is 6.01. The molecule has 4 aromatic rings. The van der Waals surface area contributed by atoms with Crippen molar-refractivity contribution in [3.8, 4) is 0 Å². The molecule has 40 heavy (non-hydrogen) atoms. The molecule has 4 aromatic carbocycles. The monoisotopic (exact) mass is 553 g/mol. The summed E-state index contributed by atoms with van der Waals surface area (Å²) in [6.07, 6.45) is 0.325. The lowest BCUT2D eigenvalue weighted by Gasteiger charge is -2.34. The average molecular weight is 554 g/mol. The second-order valence-electron chi connectivity index (χ2n) is 11.2. The Kier molecular flexibility index (Phi) is 7.63. The van der Waals surface area contributed by atoms with Crippen LogP contribution in [0.25, 0.3) is 10.8 Å². The molecule has 1 heterocycles. The number of nitrogens with one attached hydrogen (secondary N) is 1. The molecule has 0 fully saturated rings. The van der Waals surface area contributed by atoms with Gasteiger partial charge in [-0.15, -0.1) is 0 Å². The second kappa shape index (κ2) is 11.1. The third kappa shape index (κ3) is 5.87. The van der Waals surface area contributed by atoms with Gasteiger partial charge in [-0.1, -0.05) is 78.3 Å². The Labute approximate surface area is 239 Å². The largest absolute Gasteiger partial charge is 0.350 e. The summed E-state index contributed by atoms with van der Waals surface area (Å²) in [4.78, 5) is 44.6. The third-order valence-corrected chi connectivity index (χ3v) is 7.23. The maximum atomic E-state index is 14.2. The van der Waals surface area contributed by atoms with Crippen molar-refractivity contribution >= 4 is 45.8 Å². The van der Waals surface area contributed by atoms with Crippen LogP contribution in [-0.2, 0) is 22.6 Å². The Morgan fingerprint density at radius 1 is 0.875 bits per heavy atom. The van der Waals surface area contributed by atoms with E-state index in [1.807, 2.05) is 93.6 Å². The summed E-state index contributed by atoms with van der Waals surface area (Å²) in [5.74, 6) is -0.791. The van der Waals surface area contributed by atoms with Crippen LogP contribution in [0.2, 0.25) is 5.02 Å².